The highest BCUT2D eigenvalue weighted by Gasteiger charge is 2.15. The van der Waals surface area contributed by atoms with Gasteiger partial charge in [-0.05, 0) is 12.8 Å². The molecule has 0 aliphatic rings. The monoisotopic (exact) mass is 285 g/mol. The van der Waals surface area contributed by atoms with Crippen LogP contribution in [-0.4, -0.2) is 29.2 Å². The third-order valence-electron chi connectivity index (χ3n) is 2.40. The molecule has 5 nitrogen and oxygen atoms in total. The Balaban J connectivity index is 2.21. The second-order valence-electron chi connectivity index (χ2n) is 4.09. The molecular weight excluding hydrogens is 270 g/mol. The van der Waals surface area contributed by atoms with Crippen molar-refractivity contribution in [3.05, 3.63) is 28.5 Å². The number of hydrogen-bond donors (Lipinski definition) is 0. The van der Waals surface area contributed by atoms with Crippen molar-refractivity contribution in [2.75, 3.05) is 6.26 Å². The minimum absolute atomic E-state index is 0.0903. The summed E-state index contributed by atoms with van der Waals surface area (Å²) in [5.41, 5.74) is 0.881. The van der Waals surface area contributed by atoms with Gasteiger partial charge in [-0.2, -0.15) is 0 Å². The fourth-order valence-corrected chi connectivity index (χ4v) is 3.36. The molecule has 98 valence electrons. The van der Waals surface area contributed by atoms with Crippen LogP contribution in [0.2, 0.25) is 0 Å². The molecule has 2 rings (SSSR count). The van der Waals surface area contributed by atoms with E-state index in [1.807, 2.05) is 5.38 Å². The van der Waals surface area contributed by atoms with Gasteiger partial charge in [-0.1, -0.05) is 6.92 Å². The molecule has 0 radical (unpaired) electrons. The van der Waals surface area contributed by atoms with Crippen LogP contribution in [0.5, 0.6) is 0 Å². The van der Waals surface area contributed by atoms with Crippen molar-refractivity contribution in [1.82, 2.24) is 14.5 Å². The van der Waals surface area contributed by atoms with E-state index in [1.54, 1.807) is 22.1 Å². The number of aryl methyl sites for hydroxylation is 1. The smallest absolute Gasteiger partial charge is 0.227 e. The molecular formula is C11H15N3O2S2. The number of imidazole rings is 1. The molecule has 0 fully saturated rings. The number of rotatable bonds is 5. The Labute approximate surface area is 110 Å². The average molecular weight is 285 g/mol. The maximum absolute atomic E-state index is 11.5. The van der Waals surface area contributed by atoms with E-state index < -0.39 is 9.84 Å². The van der Waals surface area contributed by atoms with Gasteiger partial charge in [-0.3, -0.25) is 0 Å². The van der Waals surface area contributed by atoms with Crippen LogP contribution in [0.15, 0.2) is 22.9 Å². The number of aromatic nitrogens is 3. The van der Waals surface area contributed by atoms with Crippen LogP contribution in [0.4, 0.5) is 0 Å². The van der Waals surface area contributed by atoms with Crippen molar-refractivity contribution >= 4 is 21.2 Å². The summed E-state index contributed by atoms with van der Waals surface area (Å²) in [6.45, 7) is 2.56. The van der Waals surface area contributed by atoms with Crippen LogP contribution in [-0.2, 0) is 22.8 Å². The average Bonchev–Trinajstić information content (AvgIpc) is 2.88. The number of hydrogen-bond acceptors (Lipinski definition) is 5. The van der Waals surface area contributed by atoms with E-state index in [0.717, 1.165) is 29.8 Å². The molecule has 0 aromatic carbocycles. The van der Waals surface area contributed by atoms with Crippen LogP contribution in [0.3, 0.4) is 0 Å². The second kappa shape index (κ2) is 5.19. The largest absolute Gasteiger partial charge is 0.316 e. The van der Waals surface area contributed by atoms with E-state index in [9.17, 15) is 8.42 Å². The Morgan fingerprint density at radius 1 is 1.44 bits per heavy atom. The van der Waals surface area contributed by atoms with E-state index in [-0.39, 0.29) is 5.16 Å². The molecule has 0 aliphatic heterocycles. The quantitative estimate of drug-likeness (QED) is 0.839. The Morgan fingerprint density at radius 3 is 2.89 bits per heavy atom. The van der Waals surface area contributed by atoms with Gasteiger partial charge in [0.05, 0.1) is 17.2 Å². The highest BCUT2D eigenvalue weighted by molar-refractivity contribution is 7.90. The summed E-state index contributed by atoms with van der Waals surface area (Å²) in [5.74, 6) is 0. The molecule has 0 N–H and O–H groups in total. The van der Waals surface area contributed by atoms with Crippen molar-refractivity contribution in [3.63, 3.8) is 0 Å². The minimum Gasteiger partial charge on any atom is -0.316 e. The van der Waals surface area contributed by atoms with Gasteiger partial charge in [0.1, 0.15) is 0 Å². The van der Waals surface area contributed by atoms with Crippen molar-refractivity contribution in [3.8, 4) is 0 Å². The lowest BCUT2D eigenvalue weighted by atomic mass is 10.3. The molecule has 0 saturated carbocycles. The molecule has 2 aromatic heterocycles. The van der Waals surface area contributed by atoms with Gasteiger partial charge in [0.25, 0.3) is 0 Å². The molecule has 0 unspecified atom stereocenters. The molecule has 0 atom stereocenters. The maximum Gasteiger partial charge on any atom is 0.227 e. The zero-order valence-electron chi connectivity index (χ0n) is 10.3. The van der Waals surface area contributed by atoms with Crippen molar-refractivity contribution in [2.24, 2.45) is 0 Å². The van der Waals surface area contributed by atoms with Crippen LogP contribution in [0.25, 0.3) is 0 Å². The van der Waals surface area contributed by atoms with E-state index in [2.05, 4.69) is 16.9 Å². The van der Waals surface area contributed by atoms with Crippen LogP contribution in [0.1, 0.15) is 24.0 Å². The predicted octanol–water partition coefficient (Wildman–Crippen LogP) is 1.74. The lowest BCUT2D eigenvalue weighted by molar-refractivity contribution is 0.577. The normalized spacial score (nSPS) is 11.9. The number of thiazole rings is 1. The van der Waals surface area contributed by atoms with Crippen LogP contribution in [0, 0.1) is 0 Å². The van der Waals surface area contributed by atoms with E-state index in [0.29, 0.717) is 6.54 Å². The lowest BCUT2D eigenvalue weighted by Gasteiger charge is -2.03. The molecule has 2 heterocycles. The summed E-state index contributed by atoms with van der Waals surface area (Å²) in [6, 6.07) is 0. The third-order valence-corrected chi connectivity index (χ3v) is 4.37. The van der Waals surface area contributed by atoms with Crippen molar-refractivity contribution in [2.45, 2.75) is 31.5 Å². The minimum atomic E-state index is -3.29. The van der Waals surface area contributed by atoms with Gasteiger partial charge >= 0.3 is 0 Å². The summed E-state index contributed by atoms with van der Waals surface area (Å²) >= 11 is 1.62. The van der Waals surface area contributed by atoms with Gasteiger partial charge in [0.2, 0.25) is 15.0 Å². The summed E-state index contributed by atoms with van der Waals surface area (Å²) in [5, 5.41) is 3.15. The van der Waals surface area contributed by atoms with Gasteiger partial charge in [-0.15, -0.1) is 11.3 Å². The zero-order chi connectivity index (χ0) is 13.2. The van der Waals surface area contributed by atoms with Gasteiger partial charge in [-0.25, -0.2) is 18.4 Å². The van der Waals surface area contributed by atoms with Gasteiger partial charge in [0, 0.05) is 24.0 Å². The summed E-state index contributed by atoms with van der Waals surface area (Å²) in [6.07, 6.45) is 6.35. The Kier molecular flexibility index (Phi) is 3.82. The highest BCUT2D eigenvalue weighted by atomic mass is 32.2. The first-order chi connectivity index (χ1) is 8.50. The standard InChI is InChI=1S/C11H15N3O2S2/c1-3-4-10-13-9(8-17-10)7-14-6-5-12-11(14)18(2,15)16/h5-6,8H,3-4,7H2,1-2H3. The molecule has 0 aliphatic carbocycles. The second-order valence-corrected chi connectivity index (χ2v) is 6.94. The molecule has 2 aromatic rings. The van der Waals surface area contributed by atoms with Gasteiger partial charge < -0.3 is 4.57 Å². The molecule has 18 heavy (non-hydrogen) atoms. The molecule has 7 heteroatoms. The zero-order valence-corrected chi connectivity index (χ0v) is 12.0. The van der Waals surface area contributed by atoms with E-state index in [1.165, 1.54) is 6.20 Å². The van der Waals surface area contributed by atoms with Crippen LogP contribution < -0.4 is 0 Å². The molecule has 0 bridgehead atoms. The van der Waals surface area contributed by atoms with Crippen LogP contribution >= 0.6 is 11.3 Å². The molecule has 0 amide bonds. The Hall–Kier alpha value is -1.21. The Morgan fingerprint density at radius 2 is 2.22 bits per heavy atom. The first-order valence-corrected chi connectivity index (χ1v) is 8.42. The number of nitrogens with zero attached hydrogens (tertiary/aromatic N) is 3. The first kappa shape index (κ1) is 13.2. The van der Waals surface area contributed by atoms with Crippen molar-refractivity contribution < 1.29 is 8.42 Å². The number of sulfone groups is 1. The summed E-state index contributed by atoms with van der Waals surface area (Å²) < 4.78 is 24.6. The SMILES string of the molecule is CCCc1nc(Cn2ccnc2S(C)(=O)=O)cs1. The Bertz CT molecular complexity index is 628. The highest BCUT2D eigenvalue weighted by Crippen LogP contribution is 2.14. The molecule has 0 spiro atoms. The maximum atomic E-state index is 11.5. The lowest BCUT2D eigenvalue weighted by Crippen LogP contribution is -2.09. The fourth-order valence-electron chi connectivity index (χ4n) is 1.67. The topological polar surface area (TPSA) is 64.8 Å². The first-order valence-electron chi connectivity index (χ1n) is 5.65. The van der Waals surface area contributed by atoms with Gasteiger partial charge in [0.15, 0.2) is 0 Å². The van der Waals surface area contributed by atoms with E-state index >= 15 is 0 Å². The summed E-state index contributed by atoms with van der Waals surface area (Å²) in [7, 11) is -3.29. The van der Waals surface area contributed by atoms with E-state index in [4.69, 9.17) is 0 Å². The predicted molar refractivity (Wildman–Crippen MR) is 70.5 cm³/mol. The van der Waals surface area contributed by atoms with Crippen molar-refractivity contribution in [1.29, 1.82) is 0 Å². The summed E-state index contributed by atoms with van der Waals surface area (Å²) in [4.78, 5) is 8.35. The molecule has 0 saturated heterocycles. The third kappa shape index (κ3) is 2.97. The fraction of sp³-hybridized carbons (Fsp3) is 0.455.